The maximum absolute atomic E-state index is 12.5. The molecule has 0 saturated heterocycles. The fourth-order valence-corrected chi connectivity index (χ4v) is 3.77. The van der Waals surface area contributed by atoms with Crippen LogP contribution in [0, 0.1) is 13.8 Å². The number of carbonyl (C=O) groups excluding carboxylic acids is 1. The fourth-order valence-electron chi connectivity index (χ4n) is 2.37. The van der Waals surface area contributed by atoms with Crippen LogP contribution in [0.15, 0.2) is 47.4 Å². The van der Waals surface area contributed by atoms with Crippen molar-refractivity contribution in [2.24, 2.45) is 0 Å². The summed E-state index contributed by atoms with van der Waals surface area (Å²) in [4.78, 5) is 12.5. The third-order valence-electron chi connectivity index (χ3n) is 3.79. The summed E-state index contributed by atoms with van der Waals surface area (Å²) in [6, 6.07) is 10.6. The maximum atomic E-state index is 12.5. The van der Waals surface area contributed by atoms with Crippen LogP contribution >= 0.6 is 11.6 Å². The summed E-state index contributed by atoms with van der Waals surface area (Å²) in [6.07, 6.45) is 0.323. The van der Waals surface area contributed by atoms with Gasteiger partial charge >= 0.3 is 0 Å². The van der Waals surface area contributed by atoms with Crippen molar-refractivity contribution in [1.29, 1.82) is 0 Å². The zero-order chi connectivity index (χ0) is 18.6. The second-order valence-corrected chi connectivity index (χ2v) is 7.99. The third kappa shape index (κ3) is 5.04. The van der Waals surface area contributed by atoms with E-state index in [1.165, 1.54) is 24.3 Å². The number of halogens is 1. The van der Waals surface area contributed by atoms with Crippen molar-refractivity contribution in [2.75, 3.05) is 5.32 Å². The van der Waals surface area contributed by atoms with Crippen molar-refractivity contribution in [3.8, 4) is 0 Å². The van der Waals surface area contributed by atoms with Gasteiger partial charge in [-0.1, -0.05) is 36.2 Å². The summed E-state index contributed by atoms with van der Waals surface area (Å²) in [7, 11) is -3.81. The van der Waals surface area contributed by atoms with Crippen molar-refractivity contribution < 1.29 is 13.2 Å². The van der Waals surface area contributed by atoms with Crippen molar-refractivity contribution in [2.45, 2.75) is 38.1 Å². The Morgan fingerprint density at radius 1 is 1.12 bits per heavy atom. The number of amides is 1. The van der Waals surface area contributed by atoms with Crippen LogP contribution < -0.4 is 10.0 Å². The van der Waals surface area contributed by atoms with E-state index in [-0.39, 0.29) is 4.90 Å². The van der Waals surface area contributed by atoms with E-state index in [0.717, 1.165) is 11.1 Å². The van der Waals surface area contributed by atoms with Gasteiger partial charge in [-0.3, -0.25) is 4.79 Å². The Hall–Kier alpha value is -1.89. The molecule has 0 saturated carbocycles. The molecule has 1 atom stereocenters. The molecule has 0 aliphatic carbocycles. The van der Waals surface area contributed by atoms with Gasteiger partial charge in [-0.25, -0.2) is 8.42 Å². The molecular weight excluding hydrogens is 360 g/mol. The molecule has 2 aromatic rings. The van der Waals surface area contributed by atoms with Crippen LogP contribution in [0.1, 0.15) is 24.5 Å². The first-order valence-corrected chi connectivity index (χ1v) is 9.75. The summed E-state index contributed by atoms with van der Waals surface area (Å²) in [6.45, 7) is 5.60. The Bertz CT molecular complexity index is 864. The topological polar surface area (TPSA) is 75.3 Å². The molecule has 0 fully saturated rings. The number of benzene rings is 2. The van der Waals surface area contributed by atoms with Crippen LogP contribution in [0.25, 0.3) is 0 Å². The molecule has 0 aliphatic rings. The quantitative estimate of drug-likeness (QED) is 0.803. The minimum Gasteiger partial charge on any atom is -0.324 e. The molecule has 2 aromatic carbocycles. The highest BCUT2D eigenvalue weighted by Gasteiger charge is 2.24. The summed E-state index contributed by atoms with van der Waals surface area (Å²) in [5, 5.41) is 3.23. The van der Waals surface area contributed by atoms with Gasteiger partial charge in [-0.05, 0) is 56.2 Å². The second kappa shape index (κ2) is 7.99. The molecule has 0 bridgehead atoms. The number of hydrogen-bond donors (Lipinski definition) is 2. The number of rotatable bonds is 6. The van der Waals surface area contributed by atoms with E-state index in [2.05, 4.69) is 10.0 Å². The monoisotopic (exact) mass is 380 g/mol. The van der Waals surface area contributed by atoms with Crippen LogP contribution in [0.3, 0.4) is 0 Å². The summed E-state index contributed by atoms with van der Waals surface area (Å²) >= 11 is 5.78. The largest absolute Gasteiger partial charge is 0.324 e. The minimum absolute atomic E-state index is 0.0645. The second-order valence-electron chi connectivity index (χ2n) is 5.84. The van der Waals surface area contributed by atoms with E-state index in [9.17, 15) is 13.2 Å². The zero-order valence-electron chi connectivity index (χ0n) is 14.3. The first-order chi connectivity index (χ1) is 11.7. The Balaban J connectivity index is 2.15. The smallest absolute Gasteiger partial charge is 0.242 e. The molecular formula is C18H21ClN2O3S. The number of carbonyl (C=O) groups is 1. The fraction of sp³-hybridized carbons (Fsp3) is 0.278. The van der Waals surface area contributed by atoms with E-state index in [1.54, 1.807) is 6.92 Å². The normalized spacial score (nSPS) is 12.6. The van der Waals surface area contributed by atoms with Crippen LogP contribution in [0.5, 0.6) is 0 Å². The van der Waals surface area contributed by atoms with Crippen LogP contribution in [-0.4, -0.2) is 20.4 Å². The van der Waals surface area contributed by atoms with Gasteiger partial charge in [0.05, 0.1) is 4.90 Å². The Morgan fingerprint density at radius 2 is 1.76 bits per heavy atom. The first-order valence-electron chi connectivity index (χ1n) is 7.89. The molecule has 25 heavy (non-hydrogen) atoms. The Kier molecular flexibility index (Phi) is 6.21. The van der Waals surface area contributed by atoms with Crippen LogP contribution in [-0.2, 0) is 14.8 Å². The number of sulfonamides is 1. The molecule has 7 heteroatoms. The molecule has 0 radical (unpaired) electrons. The molecule has 0 spiro atoms. The van der Waals surface area contributed by atoms with Gasteiger partial charge in [-0.2, -0.15) is 4.72 Å². The number of nitrogens with one attached hydrogen (secondary N) is 2. The highest BCUT2D eigenvalue weighted by atomic mass is 35.5. The molecule has 0 aromatic heterocycles. The van der Waals surface area contributed by atoms with Crippen molar-refractivity contribution >= 4 is 33.2 Å². The van der Waals surface area contributed by atoms with Crippen LogP contribution in [0.4, 0.5) is 5.69 Å². The summed E-state index contributed by atoms with van der Waals surface area (Å²) < 4.78 is 27.3. The van der Waals surface area contributed by atoms with E-state index in [4.69, 9.17) is 11.6 Å². The number of anilines is 1. The van der Waals surface area contributed by atoms with Gasteiger partial charge < -0.3 is 5.32 Å². The van der Waals surface area contributed by atoms with E-state index in [1.807, 2.05) is 32.0 Å². The molecule has 134 valence electrons. The molecule has 2 N–H and O–H groups in total. The van der Waals surface area contributed by atoms with E-state index in [0.29, 0.717) is 17.1 Å². The van der Waals surface area contributed by atoms with E-state index < -0.39 is 22.0 Å². The van der Waals surface area contributed by atoms with Gasteiger partial charge in [0.1, 0.15) is 6.04 Å². The van der Waals surface area contributed by atoms with Crippen LogP contribution in [0.2, 0.25) is 5.02 Å². The SMILES string of the molecule is CCC(NS(=O)(=O)c1ccc(Cl)cc1)C(=O)Nc1ccc(C)cc1C. The summed E-state index contributed by atoms with van der Waals surface area (Å²) in [5.41, 5.74) is 2.68. The minimum atomic E-state index is -3.81. The van der Waals surface area contributed by atoms with Gasteiger partial charge in [-0.15, -0.1) is 0 Å². The third-order valence-corrected chi connectivity index (χ3v) is 5.53. The van der Waals surface area contributed by atoms with Crippen molar-refractivity contribution in [3.63, 3.8) is 0 Å². The number of aryl methyl sites for hydroxylation is 2. The van der Waals surface area contributed by atoms with Gasteiger partial charge in [0.25, 0.3) is 0 Å². The average molecular weight is 381 g/mol. The molecule has 0 aliphatic heterocycles. The van der Waals surface area contributed by atoms with Crippen molar-refractivity contribution in [3.05, 3.63) is 58.6 Å². The predicted molar refractivity (Wildman–Crippen MR) is 100 cm³/mol. The highest BCUT2D eigenvalue weighted by molar-refractivity contribution is 7.89. The highest BCUT2D eigenvalue weighted by Crippen LogP contribution is 2.18. The molecule has 1 unspecified atom stereocenters. The molecule has 1 amide bonds. The lowest BCUT2D eigenvalue weighted by Crippen LogP contribution is -2.43. The van der Waals surface area contributed by atoms with Gasteiger partial charge in [0, 0.05) is 10.7 Å². The lowest BCUT2D eigenvalue weighted by Gasteiger charge is -2.18. The Morgan fingerprint density at radius 3 is 2.32 bits per heavy atom. The first kappa shape index (κ1) is 19.4. The van der Waals surface area contributed by atoms with Gasteiger partial charge in [0.2, 0.25) is 15.9 Å². The summed E-state index contributed by atoms with van der Waals surface area (Å²) in [5.74, 6) is -0.396. The molecule has 0 heterocycles. The molecule has 2 rings (SSSR count). The number of hydrogen-bond acceptors (Lipinski definition) is 3. The van der Waals surface area contributed by atoms with Gasteiger partial charge in [0.15, 0.2) is 0 Å². The maximum Gasteiger partial charge on any atom is 0.242 e. The lowest BCUT2D eigenvalue weighted by molar-refractivity contribution is -0.117. The zero-order valence-corrected chi connectivity index (χ0v) is 15.9. The lowest BCUT2D eigenvalue weighted by atomic mass is 10.1. The Labute approximate surface area is 153 Å². The van der Waals surface area contributed by atoms with E-state index >= 15 is 0 Å². The predicted octanol–water partition coefficient (Wildman–Crippen LogP) is 3.65. The molecule has 5 nitrogen and oxygen atoms in total. The average Bonchev–Trinajstić information content (AvgIpc) is 2.55. The van der Waals surface area contributed by atoms with Crippen molar-refractivity contribution in [1.82, 2.24) is 4.72 Å². The standard InChI is InChI=1S/C18H21ClN2O3S/c1-4-16(18(22)20-17-10-5-12(2)11-13(17)3)21-25(23,24)15-8-6-14(19)7-9-15/h5-11,16,21H,4H2,1-3H3,(H,20,22).